The first-order chi connectivity index (χ1) is 11.8. The second kappa shape index (κ2) is 5.75. The smallest absolute Gasteiger partial charge is 0.275 e. The third-order valence-electron chi connectivity index (χ3n) is 5.23. The van der Waals surface area contributed by atoms with E-state index in [9.17, 15) is 17.2 Å². The van der Waals surface area contributed by atoms with E-state index in [1.165, 1.54) is 0 Å². The van der Waals surface area contributed by atoms with Gasteiger partial charge < -0.3 is 9.88 Å². The second-order valence-electron chi connectivity index (χ2n) is 7.06. The van der Waals surface area contributed by atoms with Gasteiger partial charge in [-0.15, -0.1) is 0 Å². The van der Waals surface area contributed by atoms with Crippen LogP contribution in [-0.4, -0.2) is 66.8 Å². The number of H-pyrrole nitrogens is 1. The standard InChI is InChI=1S/C15H21F2N5O2S/c1-18-14-12-2-3-19-13(12)20-9-22(14)11-4-10(5-11)6-25(23,24)21-7-15(16,17)8-21/h2-3,9-11,14,18-19H,4-8H2,1H3/t10-,11-,14?. The molecule has 3 heterocycles. The zero-order valence-corrected chi connectivity index (χ0v) is 14.6. The molecular formula is C15H21F2N5O2S. The first-order valence-electron chi connectivity index (χ1n) is 8.31. The predicted octanol–water partition coefficient (Wildman–Crippen LogP) is 1.27. The Labute approximate surface area is 145 Å². The second-order valence-corrected chi connectivity index (χ2v) is 9.07. The number of aromatic nitrogens is 1. The first-order valence-corrected chi connectivity index (χ1v) is 9.92. The summed E-state index contributed by atoms with van der Waals surface area (Å²) in [5.41, 5.74) is 1.06. The fourth-order valence-corrected chi connectivity index (χ4v) is 5.67. The number of nitrogens with zero attached hydrogens (tertiary/aromatic N) is 3. The highest BCUT2D eigenvalue weighted by atomic mass is 32.2. The van der Waals surface area contributed by atoms with E-state index in [2.05, 4.69) is 20.2 Å². The molecule has 2 N–H and O–H groups in total. The number of aromatic amines is 1. The quantitative estimate of drug-likeness (QED) is 0.815. The van der Waals surface area contributed by atoms with Crippen molar-refractivity contribution < 1.29 is 17.2 Å². The fourth-order valence-electron chi connectivity index (χ4n) is 3.82. The van der Waals surface area contributed by atoms with E-state index in [1.807, 2.05) is 19.3 Å². The van der Waals surface area contributed by atoms with Gasteiger partial charge in [0, 0.05) is 17.8 Å². The summed E-state index contributed by atoms with van der Waals surface area (Å²) in [7, 11) is -1.71. The van der Waals surface area contributed by atoms with Crippen molar-refractivity contribution in [3.8, 4) is 0 Å². The minimum absolute atomic E-state index is 0.00255. The summed E-state index contributed by atoms with van der Waals surface area (Å²) < 4.78 is 51.0. The summed E-state index contributed by atoms with van der Waals surface area (Å²) in [4.78, 5) is 9.58. The van der Waals surface area contributed by atoms with Gasteiger partial charge in [0.15, 0.2) is 0 Å². The van der Waals surface area contributed by atoms with E-state index in [1.54, 1.807) is 6.34 Å². The molecule has 1 saturated carbocycles. The minimum atomic E-state index is -3.59. The average molecular weight is 373 g/mol. The van der Waals surface area contributed by atoms with Crippen LogP contribution in [0, 0.1) is 5.92 Å². The van der Waals surface area contributed by atoms with Gasteiger partial charge in [-0.3, -0.25) is 5.32 Å². The summed E-state index contributed by atoms with van der Waals surface area (Å²) in [5, 5.41) is 3.26. The van der Waals surface area contributed by atoms with Crippen molar-refractivity contribution in [2.75, 3.05) is 25.9 Å². The molecule has 1 aromatic rings. The summed E-state index contributed by atoms with van der Waals surface area (Å²) >= 11 is 0. The number of aliphatic imine (C=N–C) groups is 1. The lowest BCUT2D eigenvalue weighted by molar-refractivity contribution is -0.0947. The maximum absolute atomic E-state index is 12.9. The highest BCUT2D eigenvalue weighted by molar-refractivity contribution is 7.89. The van der Waals surface area contributed by atoms with Crippen LogP contribution in [0.15, 0.2) is 17.3 Å². The number of alkyl halides is 2. The molecule has 1 aromatic heterocycles. The Morgan fingerprint density at radius 3 is 2.76 bits per heavy atom. The summed E-state index contributed by atoms with van der Waals surface area (Å²) in [6.45, 7) is -1.36. The third-order valence-corrected chi connectivity index (χ3v) is 7.17. The lowest BCUT2D eigenvalue weighted by atomic mass is 9.80. The normalized spacial score (nSPS) is 31.3. The summed E-state index contributed by atoms with van der Waals surface area (Å²) in [6, 6.07) is 2.17. The Morgan fingerprint density at radius 2 is 2.12 bits per heavy atom. The number of sulfonamides is 1. The molecule has 0 spiro atoms. The molecule has 1 aliphatic carbocycles. The lowest BCUT2D eigenvalue weighted by Crippen LogP contribution is -2.60. The fraction of sp³-hybridized carbons (Fsp3) is 0.667. The first kappa shape index (κ1) is 16.9. The van der Waals surface area contributed by atoms with Crippen LogP contribution in [-0.2, 0) is 10.0 Å². The molecule has 25 heavy (non-hydrogen) atoms. The van der Waals surface area contributed by atoms with Crippen LogP contribution in [0.25, 0.3) is 0 Å². The highest BCUT2D eigenvalue weighted by Gasteiger charge is 2.50. The van der Waals surface area contributed by atoms with E-state index < -0.39 is 29.0 Å². The van der Waals surface area contributed by atoms with Crippen molar-refractivity contribution >= 4 is 22.2 Å². The van der Waals surface area contributed by atoms with Crippen LogP contribution in [0.3, 0.4) is 0 Å². The van der Waals surface area contributed by atoms with Crippen molar-refractivity contribution in [3.05, 3.63) is 17.8 Å². The topological polar surface area (TPSA) is 80.8 Å². The molecule has 4 rings (SSSR count). The van der Waals surface area contributed by atoms with Gasteiger partial charge >= 0.3 is 0 Å². The van der Waals surface area contributed by atoms with Gasteiger partial charge in [0.2, 0.25) is 10.0 Å². The van der Waals surface area contributed by atoms with Crippen molar-refractivity contribution in [1.29, 1.82) is 0 Å². The molecule has 0 bridgehead atoms. The van der Waals surface area contributed by atoms with Gasteiger partial charge in [-0.25, -0.2) is 22.2 Å². The van der Waals surface area contributed by atoms with Crippen LogP contribution in [0.4, 0.5) is 14.6 Å². The van der Waals surface area contributed by atoms with Gasteiger partial charge in [-0.2, -0.15) is 4.31 Å². The number of rotatable bonds is 5. The third kappa shape index (κ3) is 2.96. The number of halogens is 2. The van der Waals surface area contributed by atoms with E-state index in [4.69, 9.17) is 0 Å². The monoisotopic (exact) mass is 373 g/mol. The molecule has 1 saturated heterocycles. The molecule has 2 aliphatic heterocycles. The van der Waals surface area contributed by atoms with Gasteiger partial charge in [-0.05, 0) is 31.9 Å². The van der Waals surface area contributed by atoms with Crippen LogP contribution < -0.4 is 5.32 Å². The molecule has 0 amide bonds. The Hall–Kier alpha value is -1.52. The Kier molecular flexibility index (Phi) is 3.89. The van der Waals surface area contributed by atoms with E-state index in [-0.39, 0.29) is 23.9 Å². The Morgan fingerprint density at radius 1 is 1.40 bits per heavy atom. The van der Waals surface area contributed by atoms with E-state index in [0.29, 0.717) is 12.8 Å². The van der Waals surface area contributed by atoms with Gasteiger partial charge in [0.1, 0.15) is 12.0 Å². The SMILES string of the molecule is CNC1c2cc[nH]c2N=CN1[C@H]1C[C@H](CS(=O)(=O)N2CC(F)(F)C2)C1. The zero-order valence-electron chi connectivity index (χ0n) is 13.8. The summed E-state index contributed by atoms with van der Waals surface area (Å²) in [5.74, 6) is -2.09. The van der Waals surface area contributed by atoms with Gasteiger partial charge in [-0.1, -0.05) is 0 Å². The molecule has 0 aromatic carbocycles. The van der Waals surface area contributed by atoms with Crippen LogP contribution in [0.5, 0.6) is 0 Å². The number of nitrogens with one attached hydrogen (secondary N) is 2. The number of fused-ring (bicyclic) bond motifs is 1. The number of hydrogen-bond acceptors (Lipinski definition) is 5. The average Bonchev–Trinajstić information content (AvgIpc) is 2.95. The number of hydrogen-bond donors (Lipinski definition) is 2. The molecule has 1 atom stereocenters. The molecular weight excluding hydrogens is 352 g/mol. The molecule has 10 heteroatoms. The van der Waals surface area contributed by atoms with Crippen LogP contribution in [0.1, 0.15) is 24.6 Å². The van der Waals surface area contributed by atoms with Crippen molar-refractivity contribution in [2.45, 2.75) is 31.0 Å². The molecule has 7 nitrogen and oxygen atoms in total. The van der Waals surface area contributed by atoms with Crippen molar-refractivity contribution in [1.82, 2.24) is 19.5 Å². The van der Waals surface area contributed by atoms with Crippen LogP contribution in [0.2, 0.25) is 0 Å². The Balaban J connectivity index is 1.35. The van der Waals surface area contributed by atoms with Crippen LogP contribution >= 0.6 is 0 Å². The maximum Gasteiger partial charge on any atom is 0.275 e. The van der Waals surface area contributed by atoms with Crippen molar-refractivity contribution in [2.24, 2.45) is 10.9 Å². The molecule has 1 unspecified atom stereocenters. The lowest BCUT2D eigenvalue weighted by Gasteiger charge is -2.47. The largest absolute Gasteiger partial charge is 0.346 e. The van der Waals surface area contributed by atoms with E-state index >= 15 is 0 Å². The molecule has 2 fully saturated rings. The highest BCUT2D eigenvalue weighted by Crippen LogP contribution is 2.40. The minimum Gasteiger partial charge on any atom is -0.346 e. The Bertz CT molecular complexity index is 780. The molecule has 0 radical (unpaired) electrons. The maximum atomic E-state index is 12.9. The van der Waals surface area contributed by atoms with Crippen molar-refractivity contribution in [3.63, 3.8) is 0 Å². The van der Waals surface area contributed by atoms with E-state index in [0.717, 1.165) is 15.7 Å². The summed E-state index contributed by atoms with van der Waals surface area (Å²) in [6.07, 6.45) is 5.05. The zero-order chi connectivity index (χ0) is 17.8. The van der Waals surface area contributed by atoms with Gasteiger partial charge in [0.05, 0.1) is 25.2 Å². The predicted molar refractivity (Wildman–Crippen MR) is 89.4 cm³/mol. The molecule has 3 aliphatic rings. The molecule has 138 valence electrons. The van der Waals surface area contributed by atoms with Gasteiger partial charge in [0.25, 0.3) is 5.92 Å².